The minimum absolute atomic E-state index is 0.0916. The summed E-state index contributed by atoms with van der Waals surface area (Å²) >= 11 is 0. The SMILES string of the molecule is CC1CC(C)(C)CC(OO)(C(C)(C)C)C1C(C)(C)C. The lowest BCUT2D eigenvalue weighted by atomic mass is 9.48. The fraction of sp³-hybridized carbons (Fsp3) is 1.00. The average molecular weight is 270 g/mol. The second-order valence-corrected chi connectivity index (χ2v) is 9.60. The van der Waals surface area contributed by atoms with E-state index in [0.717, 1.165) is 6.42 Å². The van der Waals surface area contributed by atoms with Gasteiger partial charge in [0.25, 0.3) is 0 Å². The molecule has 1 fully saturated rings. The van der Waals surface area contributed by atoms with Crippen LogP contribution in [0.4, 0.5) is 0 Å². The molecule has 3 unspecified atom stereocenters. The van der Waals surface area contributed by atoms with Gasteiger partial charge in [-0.15, -0.1) is 0 Å². The lowest BCUT2D eigenvalue weighted by molar-refractivity contribution is -0.392. The zero-order valence-corrected chi connectivity index (χ0v) is 14.4. The highest BCUT2D eigenvalue weighted by atomic mass is 17.1. The molecular formula is C17H34O2. The maximum atomic E-state index is 9.86. The first-order chi connectivity index (χ1) is 8.27. The van der Waals surface area contributed by atoms with Gasteiger partial charge < -0.3 is 0 Å². The number of rotatable bonds is 1. The molecule has 0 spiro atoms. The van der Waals surface area contributed by atoms with E-state index >= 15 is 0 Å². The van der Waals surface area contributed by atoms with Crippen LogP contribution in [0.25, 0.3) is 0 Å². The van der Waals surface area contributed by atoms with E-state index in [1.165, 1.54) is 6.42 Å². The van der Waals surface area contributed by atoms with E-state index in [0.29, 0.717) is 11.8 Å². The van der Waals surface area contributed by atoms with Crippen molar-refractivity contribution in [2.45, 2.75) is 80.8 Å². The first kappa shape index (κ1) is 17.0. The molecule has 1 aliphatic rings. The Morgan fingerprint density at radius 3 is 1.84 bits per heavy atom. The van der Waals surface area contributed by atoms with Gasteiger partial charge in [-0.2, -0.15) is 0 Å². The zero-order chi connectivity index (χ0) is 15.3. The van der Waals surface area contributed by atoms with Crippen LogP contribution < -0.4 is 0 Å². The molecular weight excluding hydrogens is 236 g/mol. The van der Waals surface area contributed by atoms with Gasteiger partial charge in [0.2, 0.25) is 0 Å². The van der Waals surface area contributed by atoms with Gasteiger partial charge >= 0.3 is 0 Å². The van der Waals surface area contributed by atoms with E-state index in [-0.39, 0.29) is 16.2 Å². The summed E-state index contributed by atoms with van der Waals surface area (Å²) in [6, 6.07) is 0. The summed E-state index contributed by atoms with van der Waals surface area (Å²) in [5, 5.41) is 9.86. The molecule has 0 amide bonds. The Morgan fingerprint density at radius 2 is 1.53 bits per heavy atom. The van der Waals surface area contributed by atoms with Gasteiger partial charge in [0.15, 0.2) is 0 Å². The minimum atomic E-state index is -0.480. The Labute approximate surface area is 119 Å². The molecule has 0 saturated heterocycles. The van der Waals surface area contributed by atoms with E-state index in [2.05, 4.69) is 62.3 Å². The van der Waals surface area contributed by atoms with Crippen LogP contribution in [0.15, 0.2) is 0 Å². The van der Waals surface area contributed by atoms with Gasteiger partial charge in [0.1, 0.15) is 5.60 Å². The van der Waals surface area contributed by atoms with Crippen LogP contribution in [0, 0.1) is 28.1 Å². The van der Waals surface area contributed by atoms with Gasteiger partial charge in [-0.25, -0.2) is 4.89 Å². The van der Waals surface area contributed by atoms with Crippen molar-refractivity contribution in [1.29, 1.82) is 0 Å². The molecule has 0 bridgehead atoms. The summed E-state index contributed by atoms with van der Waals surface area (Å²) in [6.45, 7) is 20.3. The predicted molar refractivity (Wildman–Crippen MR) is 81.0 cm³/mol. The van der Waals surface area contributed by atoms with E-state index in [1.54, 1.807) is 0 Å². The van der Waals surface area contributed by atoms with E-state index < -0.39 is 5.60 Å². The first-order valence-electron chi connectivity index (χ1n) is 7.59. The fourth-order valence-corrected chi connectivity index (χ4v) is 4.85. The molecule has 114 valence electrons. The molecule has 1 saturated carbocycles. The van der Waals surface area contributed by atoms with Crippen molar-refractivity contribution in [2.75, 3.05) is 0 Å². The molecule has 2 heteroatoms. The van der Waals surface area contributed by atoms with E-state index in [1.807, 2.05) is 0 Å². The molecule has 1 aliphatic carbocycles. The van der Waals surface area contributed by atoms with E-state index in [4.69, 9.17) is 4.89 Å². The quantitative estimate of drug-likeness (QED) is 0.512. The van der Waals surface area contributed by atoms with Crippen LogP contribution in [0.3, 0.4) is 0 Å². The molecule has 1 rings (SSSR count). The number of hydrogen-bond donors (Lipinski definition) is 1. The third-order valence-electron chi connectivity index (χ3n) is 5.05. The Hall–Kier alpha value is -0.0800. The Bertz CT molecular complexity index is 319. The minimum Gasteiger partial charge on any atom is -0.251 e. The van der Waals surface area contributed by atoms with Gasteiger partial charge in [0.05, 0.1) is 0 Å². The molecule has 2 nitrogen and oxygen atoms in total. The summed E-state index contributed by atoms with van der Waals surface area (Å²) in [5.41, 5.74) is -0.249. The maximum absolute atomic E-state index is 9.86. The van der Waals surface area contributed by atoms with Crippen LogP contribution in [-0.4, -0.2) is 10.9 Å². The fourth-order valence-electron chi connectivity index (χ4n) is 4.85. The molecule has 3 atom stereocenters. The second kappa shape index (κ2) is 4.73. The Balaban J connectivity index is 3.40. The molecule has 0 aromatic rings. The predicted octanol–water partition coefficient (Wildman–Crippen LogP) is 5.38. The summed E-state index contributed by atoms with van der Waals surface area (Å²) in [5.74, 6) is 0.883. The topological polar surface area (TPSA) is 29.5 Å². The molecule has 0 aliphatic heterocycles. The van der Waals surface area contributed by atoms with Crippen molar-refractivity contribution in [3.8, 4) is 0 Å². The summed E-state index contributed by atoms with van der Waals surface area (Å²) in [4.78, 5) is 5.29. The lowest BCUT2D eigenvalue weighted by Gasteiger charge is -2.60. The van der Waals surface area contributed by atoms with Crippen molar-refractivity contribution in [3.63, 3.8) is 0 Å². The summed E-state index contributed by atoms with van der Waals surface area (Å²) in [7, 11) is 0. The van der Waals surface area contributed by atoms with Crippen LogP contribution in [0.2, 0.25) is 0 Å². The Morgan fingerprint density at radius 1 is 1.05 bits per heavy atom. The van der Waals surface area contributed by atoms with Crippen molar-refractivity contribution < 1.29 is 10.1 Å². The van der Waals surface area contributed by atoms with Crippen molar-refractivity contribution in [2.24, 2.45) is 28.1 Å². The summed E-state index contributed by atoms with van der Waals surface area (Å²) < 4.78 is 0. The van der Waals surface area contributed by atoms with Crippen LogP contribution in [0.5, 0.6) is 0 Å². The highest BCUT2D eigenvalue weighted by Crippen LogP contribution is 2.60. The van der Waals surface area contributed by atoms with Crippen molar-refractivity contribution in [3.05, 3.63) is 0 Å². The highest BCUT2D eigenvalue weighted by molar-refractivity contribution is 5.08. The van der Waals surface area contributed by atoms with E-state index in [9.17, 15) is 5.26 Å². The zero-order valence-electron chi connectivity index (χ0n) is 14.4. The van der Waals surface area contributed by atoms with Gasteiger partial charge in [-0.3, -0.25) is 5.26 Å². The molecule has 19 heavy (non-hydrogen) atoms. The van der Waals surface area contributed by atoms with Crippen LogP contribution >= 0.6 is 0 Å². The third kappa shape index (κ3) is 3.00. The second-order valence-electron chi connectivity index (χ2n) is 9.60. The average Bonchev–Trinajstić information content (AvgIpc) is 2.09. The van der Waals surface area contributed by atoms with Crippen LogP contribution in [0.1, 0.15) is 75.2 Å². The van der Waals surface area contributed by atoms with Crippen molar-refractivity contribution in [1.82, 2.24) is 0 Å². The van der Waals surface area contributed by atoms with Crippen molar-refractivity contribution >= 4 is 0 Å². The third-order valence-corrected chi connectivity index (χ3v) is 5.05. The number of hydrogen-bond acceptors (Lipinski definition) is 2. The highest BCUT2D eigenvalue weighted by Gasteiger charge is 2.60. The van der Waals surface area contributed by atoms with Gasteiger partial charge in [0, 0.05) is 0 Å². The normalized spacial score (nSPS) is 36.3. The maximum Gasteiger partial charge on any atom is 0.112 e. The summed E-state index contributed by atoms with van der Waals surface area (Å²) in [6.07, 6.45) is 2.10. The molecule has 0 aromatic carbocycles. The first-order valence-corrected chi connectivity index (χ1v) is 7.59. The lowest BCUT2D eigenvalue weighted by Crippen LogP contribution is -2.62. The van der Waals surface area contributed by atoms with Crippen LogP contribution in [-0.2, 0) is 4.89 Å². The smallest absolute Gasteiger partial charge is 0.112 e. The molecule has 1 N–H and O–H groups in total. The van der Waals surface area contributed by atoms with Gasteiger partial charge in [-0.1, -0.05) is 62.3 Å². The largest absolute Gasteiger partial charge is 0.251 e. The molecule has 0 aromatic heterocycles. The molecule has 0 heterocycles. The Kier molecular flexibility index (Phi) is 4.23. The monoisotopic (exact) mass is 270 g/mol. The molecule has 0 radical (unpaired) electrons. The standard InChI is InChI=1S/C17H34O2/c1-12-10-16(8,9)11-17(19-18,15(5,6)7)13(12)14(2,3)4/h12-13,18H,10-11H2,1-9H3. The van der Waals surface area contributed by atoms with Gasteiger partial charge in [-0.05, 0) is 40.9 Å².